The second-order valence-electron chi connectivity index (χ2n) is 6.84. The van der Waals surface area contributed by atoms with Crippen LogP contribution in [0.3, 0.4) is 0 Å². The van der Waals surface area contributed by atoms with Gasteiger partial charge in [-0.25, -0.2) is 0 Å². The average molecular weight is 333 g/mol. The van der Waals surface area contributed by atoms with Gasteiger partial charge >= 0.3 is 0 Å². The number of phenolic OH excluding ortho intramolecular Hbond substituents is 1. The van der Waals surface area contributed by atoms with Crippen LogP contribution in [0.1, 0.15) is 18.4 Å². The summed E-state index contributed by atoms with van der Waals surface area (Å²) in [5.74, 6) is 0.496. The molecule has 1 aromatic rings. The number of nitrogens with two attached hydrogens (primary N) is 1. The van der Waals surface area contributed by atoms with E-state index in [9.17, 15) is 9.90 Å². The van der Waals surface area contributed by atoms with Crippen molar-refractivity contribution in [2.75, 3.05) is 45.9 Å². The smallest absolute Gasteiger partial charge is 0.230 e. The molecule has 2 fully saturated rings. The first-order chi connectivity index (χ1) is 11.6. The lowest BCUT2D eigenvalue weighted by molar-refractivity contribution is -0.149. The van der Waals surface area contributed by atoms with Crippen molar-refractivity contribution in [2.45, 2.75) is 19.4 Å². The van der Waals surface area contributed by atoms with E-state index in [2.05, 4.69) is 4.90 Å². The Morgan fingerprint density at radius 3 is 2.54 bits per heavy atom. The highest BCUT2D eigenvalue weighted by atomic mass is 16.5. The summed E-state index contributed by atoms with van der Waals surface area (Å²) in [6.07, 6.45) is 1.46. The fourth-order valence-corrected chi connectivity index (χ4v) is 3.62. The second-order valence-corrected chi connectivity index (χ2v) is 6.84. The number of ether oxygens (including phenoxy) is 1. The molecule has 6 nitrogen and oxygen atoms in total. The van der Waals surface area contributed by atoms with Crippen LogP contribution in [0.2, 0.25) is 0 Å². The maximum atomic E-state index is 13.0. The number of carbonyl (C=O) groups is 1. The van der Waals surface area contributed by atoms with Crippen LogP contribution in [0.25, 0.3) is 0 Å². The first-order valence-corrected chi connectivity index (χ1v) is 8.70. The number of hydrogen-bond acceptors (Lipinski definition) is 5. The molecule has 0 aliphatic carbocycles. The molecule has 0 spiro atoms. The molecule has 0 radical (unpaired) electrons. The summed E-state index contributed by atoms with van der Waals surface area (Å²) in [4.78, 5) is 17.2. The molecule has 2 aliphatic rings. The molecule has 24 heavy (non-hydrogen) atoms. The molecule has 0 saturated carbocycles. The van der Waals surface area contributed by atoms with Gasteiger partial charge in [0.2, 0.25) is 5.91 Å². The average Bonchev–Trinajstić information content (AvgIpc) is 2.62. The Labute approximate surface area is 143 Å². The van der Waals surface area contributed by atoms with Gasteiger partial charge in [-0.3, -0.25) is 9.69 Å². The van der Waals surface area contributed by atoms with E-state index in [1.807, 2.05) is 17.0 Å². The Bertz CT molecular complexity index is 564. The van der Waals surface area contributed by atoms with E-state index in [-0.39, 0.29) is 5.91 Å². The van der Waals surface area contributed by atoms with Crippen molar-refractivity contribution in [1.82, 2.24) is 9.80 Å². The lowest BCUT2D eigenvalue weighted by atomic mass is 9.78. The molecule has 0 aromatic heterocycles. The van der Waals surface area contributed by atoms with Crippen molar-refractivity contribution in [3.8, 4) is 5.75 Å². The number of carbonyl (C=O) groups excluding carboxylic acids is 1. The normalized spacial score (nSPS) is 21.6. The van der Waals surface area contributed by atoms with Gasteiger partial charge in [0.1, 0.15) is 5.75 Å². The standard InChI is InChI=1S/C18H27N3O3/c19-14-18(4-10-24-11-5-18)17(23)21-8-6-20(7-9-21)13-15-2-1-3-16(22)12-15/h1-3,12,22H,4-11,13-14,19H2. The zero-order valence-electron chi connectivity index (χ0n) is 14.1. The number of amides is 1. The predicted molar refractivity (Wildman–Crippen MR) is 91.5 cm³/mol. The van der Waals surface area contributed by atoms with Crippen molar-refractivity contribution < 1.29 is 14.6 Å². The maximum Gasteiger partial charge on any atom is 0.230 e. The topological polar surface area (TPSA) is 79.0 Å². The minimum atomic E-state index is -0.425. The molecule has 6 heteroatoms. The molecule has 0 unspecified atom stereocenters. The Balaban J connectivity index is 1.55. The minimum absolute atomic E-state index is 0.199. The third-order valence-electron chi connectivity index (χ3n) is 5.27. The Hall–Kier alpha value is -1.63. The molecular weight excluding hydrogens is 306 g/mol. The van der Waals surface area contributed by atoms with Crippen molar-refractivity contribution in [3.05, 3.63) is 29.8 Å². The Morgan fingerprint density at radius 2 is 1.92 bits per heavy atom. The van der Waals surface area contributed by atoms with E-state index in [1.165, 1.54) is 0 Å². The predicted octanol–water partition coefficient (Wildman–Crippen LogP) is 0.792. The molecular formula is C18H27N3O3. The fourth-order valence-electron chi connectivity index (χ4n) is 3.62. The Morgan fingerprint density at radius 1 is 1.21 bits per heavy atom. The summed E-state index contributed by atoms with van der Waals surface area (Å²) >= 11 is 0. The lowest BCUT2D eigenvalue weighted by Crippen LogP contribution is -2.56. The van der Waals surface area contributed by atoms with Gasteiger partial charge in [0.25, 0.3) is 0 Å². The van der Waals surface area contributed by atoms with E-state index in [0.717, 1.165) is 51.1 Å². The van der Waals surface area contributed by atoms with E-state index < -0.39 is 5.41 Å². The van der Waals surface area contributed by atoms with Crippen molar-refractivity contribution >= 4 is 5.91 Å². The first-order valence-electron chi connectivity index (χ1n) is 8.70. The van der Waals surface area contributed by atoms with E-state index >= 15 is 0 Å². The number of benzene rings is 1. The third kappa shape index (κ3) is 3.71. The number of nitrogens with zero attached hydrogens (tertiary/aromatic N) is 2. The van der Waals surface area contributed by atoms with Crippen LogP contribution < -0.4 is 5.73 Å². The van der Waals surface area contributed by atoms with Crippen molar-refractivity contribution in [2.24, 2.45) is 11.1 Å². The largest absolute Gasteiger partial charge is 0.508 e. The molecule has 1 aromatic carbocycles. The zero-order valence-corrected chi connectivity index (χ0v) is 14.1. The second kappa shape index (κ2) is 7.51. The molecule has 0 atom stereocenters. The monoisotopic (exact) mass is 333 g/mol. The van der Waals surface area contributed by atoms with Crippen LogP contribution in [0.4, 0.5) is 0 Å². The van der Waals surface area contributed by atoms with Crippen LogP contribution in [-0.4, -0.2) is 66.8 Å². The summed E-state index contributed by atoms with van der Waals surface area (Å²) in [6.45, 7) is 5.61. The van der Waals surface area contributed by atoms with Crippen LogP contribution in [0.5, 0.6) is 5.75 Å². The maximum absolute atomic E-state index is 13.0. The lowest BCUT2D eigenvalue weighted by Gasteiger charge is -2.42. The molecule has 2 heterocycles. The van der Waals surface area contributed by atoms with Gasteiger partial charge in [-0.15, -0.1) is 0 Å². The molecule has 2 aliphatic heterocycles. The van der Waals surface area contributed by atoms with Gasteiger partial charge in [-0.1, -0.05) is 12.1 Å². The molecule has 3 N–H and O–H groups in total. The SMILES string of the molecule is NCC1(C(=O)N2CCN(Cc3cccc(O)c3)CC2)CCOCC1. The van der Waals surface area contributed by atoms with Crippen LogP contribution >= 0.6 is 0 Å². The minimum Gasteiger partial charge on any atom is -0.508 e. The summed E-state index contributed by atoms with van der Waals surface area (Å²) < 4.78 is 5.40. The summed E-state index contributed by atoms with van der Waals surface area (Å²) in [7, 11) is 0. The van der Waals surface area contributed by atoms with Gasteiger partial charge in [0, 0.05) is 52.5 Å². The highest BCUT2D eigenvalue weighted by Crippen LogP contribution is 2.32. The zero-order chi connectivity index (χ0) is 17.0. The van der Waals surface area contributed by atoms with E-state index in [1.54, 1.807) is 12.1 Å². The number of aromatic hydroxyl groups is 1. The van der Waals surface area contributed by atoms with Crippen LogP contribution in [0, 0.1) is 5.41 Å². The Kier molecular flexibility index (Phi) is 5.38. The summed E-state index contributed by atoms with van der Waals surface area (Å²) in [6, 6.07) is 7.35. The van der Waals surface area contributed by atoms with E-state index in [0.29, 0.717) is 25.5 Å². The first kappa shape index (κ1) is 17.2. The number of phenols is 1. The number of hydrogen-bond donors (Lipinski definition) is 2. The third-order valence-corrected chi connectivity index (χ3v) is 5.27. The van der Waals surface area contributed by atoms with E-state index in [4.69, 9.17) is 10.5 Å². The molecule has 3 rings (SSSR count). The van der Waals surface area contributed by atoms with Gasteiger partial charge < -0.3 is 20.5 Å². The molecule has 1 amide bonds. The number of piperazine rings is 1. The molecule has 132 valence electrons. The van der Waals surface area contributed by atoms with Crippen LogP contribution in [0.15, 0.2) is 24.3 Å². The van der Waals surface area contributed by atoms with Gasteiger partial charge in [-0.05, 0) is 30.5 Å². The molecule has 0 bridgehead atoms. The molecule has 2 saturated heterocycles. The van der Waals surface area contributed by atoms with Gasteiger partial charge in [0.05, 0.1) is 5.41 Å². The quantitative estimate of drug-likeness (QED) is 0.852. The summed E-state index contributed by atoms with van der Waals surface area (Å²) in [5.41, 5.74) is 6.62. The number of rotatable bonds is 4. The fraction of sp³-hybridized carbons (Fsp3) is 0.611. The summed E-state index contributed by atoms with van der Waals surface area (Å²) in [5, 5.41) is 9.56. The van der Waals surface area contributed by atoms with Crippen LogP contribution in [-0.2, 0) is 16.1 Å². The highest BCUT2D eigenvalue weighted by Gasteiger charge is 2.42. The van der Waals surface area contributed by atoms with Gasteiger partial charge in [-0.2, -0.15) is 0 Å². The highest BCUT2D eigenvalue weighted by molar-refractivity contribution is 5.83. The van der Waals surface area contributed by atoms with Gasteiger partial charge in [0.15, 0.2) is 0 Å². The van der Waals surface area contributed by atoms with Crippen molar-refractivity contribution in [1.29, 1.82) is 0 Å². The van der Waals surface area contributed by atoms with Crippen molar-refractivity contribution in [3.63, 3.8) is 0 Å².